The summed E-state index contributed by atoms with van der Waals surface area (Å²) in [4.78, 5) is 25.7. The van der Waals surface area contributed by atoms with Crippen LogP contribution in [0.15, 0.2) is 12.2 Å². The van der Waals surface area contributed by atoms with Gasteiger partial charge in [0.05, 0.1) is 11.5 Å². The molecule has 3 unspecified atom stereocenters. The van der Waals surface area contributed by atoms with Gasteiger partial charge in [-0.15, -0.1) is 0 Å². The summed E-state index contributed by atoms with van der Waals surface area (Å²) >= 11 is 0. The second-order valence-corrected chi connectivity index (χ2v) is 14.4. The van der Waals surface area contributed by atoms with Gasteiger partial charge in [-0.2, -0.15) is 0 Å². The summed E-state index contributed by atoms with van der Waals surface area (Å²) < 4.78 is 0. The third-order valence-electron chi connectivity index (χ3n) is 13.1. The van der Waals surface area contributed by atoms with Gasteiger partial charge in [-0.1, -0.05) is 46.8 Å². The molecule has 4 nitrogen and oxygen atoms in total. The zero-order chi connectivity index (χ0) is 25.1. The molecule has 5 saturated carbocycles. The average molecular weight is 471 g/mol. The van der Waals surface area contributed by atoms with E-state index in [1.807, 2.05) is 0 Å². The fourth-order valence-corrected chi connectivity index (χ4v) is 11.5. The lowest BCUT2D eigenvalue weighted by Crippen LogP contribution is -2.69. The Morgan fingerprint density at radius 2 is 1.65 bits per heavy atom. The van der Waals surface area contributed by atoms with Crippen LogP contribution >= 0.6 is 0 Å². The van der Waals surface area contributed by atoms with Crippen molar-refractivity contribution in [1.29, 1.82) is 0 Å². The van der Waals surface area contributed by atoms with Crippen LogP contribution in [-0.4, -0.2) is 28.1 Å². The van der Waals surface area contributed by atoms with E-state index in [-0.39, 0.29) is 34.0 Å². The Kier molecular flexibility index (Phi) is 5.20. The summed E-state index contributed by atoms with van der Waals surface area (Å²) in [7, 11) is 0. The molecule has 0 spiro atoms. The summed E-state index contributed by atoms with van der Waals surface area (Å²) in [6, 6.07) is 0. The second-order valence-electron chi connectivity index (χ2n) is 14.4. The van der Waals surface area contributed by atoms with E-state index in [2.05, 4.69) is 48.1 Å². The molecular formula is C30H46O4. The predicted molar refractivity (Wildman–Crippen MR) is 133 cm³/mol. The van der Waals surface area contributed by atoms with Gasteiger partial charge in [-0.3, -0.25) is 9.59 Å². The Morgan fingerprint density at radius 1 is 0.971 bits per heavy atom. The first-order chi connectivity index (χ1) is 15.7. The standard InChI is InChI=1S/C30H46O4/c1-17(2)18-10-13-30(25(33)34)15-14-28(6)19(23(18)30)8-9-21-27(5)12-11-22(32)26(3,4)24(27)20(31)16-29(21,28)7/h18-21,23-24,31H,1,8-16H2,2-7H3,(H,33,34)/t18-,19+,20-,21?,23?,24?,27+,28+,29+,30-/m0/s1. The van der Waals surface area contributed by atoms with Gasteiger partial charge in [0.1, 0.15) is 5.78 Å². The largest absolute Gasteiger partial charge is 0.481 e. The van der Waals surface area contributed by atoms with Gasteiger partial charge in [0.15, 0.2) is 0 Å². The normalized spacial score (nSPS) is 53.8. The van der Waals surface area contributed by atoms with Crippen molar-refractivity contribution < 1.29 is 19.8 Å². The maximum atomic E-state index is 12.9. The number of carboxylic acids is 1. The molecule has 0 aromatic rings. The number of Topliss-reactive ketones (excluding diaryl/α,β-unsaturated/α-hetero) is 1. The number of hydrogen-bond acceptors (Lipinski definition) is 3. The zero-order valence-corrected chi connectivity index (χ0v) is 22.2. The highest BCUT2D eigenvalue weighted by Crippen LogP contribution is 2.77. The quantitative estimate of drug-likeness (QED) is 0.467. The van der Waals surface area contributed by atoms with Gasteiger partial charge in [0.25, 0.3) is 0 Å². The second kappa shape index (κ2) is 7.20. The highest BCUT2D eigenvalue weighted by molar-refractivity contribution is 5.85. The Hall–Kier alpha value is -1.16. The molecule has 0 heterocycles. The minimum atomic E-state index is -0.615. The van der Waals surface area contributed by atoms with Crippen molar-refractivity contribution in [1.82, 2.24) is 0 Å². The molecule has 10 atom stereocenters. The third-order valence-corrected chi connectivity index (χ3v) is 13.1. The number of rotatable bonds is 2. The first-order valence-corrected chi connectivity index (χ1v) is 13.8. The lowest BCUT2D eigenvalue weighted by Gasteiger charge is -2.72. The Morgan fingerprint density at radius 3 is 2.26 bits per heavy atom. The van der Waals surface area contributed by atoms with E-state index in [1.54, 1.807) is 0 Å². The van der Waals surface area contributed by atoms with Crippen LogP contribution in [0.2, 0.25) is 0 Å². The summed E-state index contributed by atoms with van der Waals surface area (Å²) in [5.74, 6) is 0.916. The summed E-state index contributed by atoms with van der Waals surface area (Å²) in [6.45, 7) is 17.8. The molecule has 190 valence electrons. The molecule has 4 heteroatoms. The van der Waals surface area contributed by atoms with Crippen LogP contribution in [-0.2, 0) is 9.59 Å². The maximum absolute atomic E-state index is 12.9. The first kappa shape index (κ1) is 24.5. The molecule has 0 saturated heterocycles. The van der Waals surface area contributed by atoms with Crippen LogP contribution in [0.25, 0.3) is 0 Å². The van der Waals surface area contributed by atoms with Crippen LogP contribution < -0.4 is 0 Å². The van der Waals surface area contributed by atoms with Crippen molar-refractivity contribution in [3.63, 3.8) is 0 Å². The fraction of sp³-hybridized carbons (Fsp3) is 0.867. The highest BCUT2D eigenvalue weighted by atomic mass is 16.4. The Balaban J connectivity index is 1.60. The van der Waals surface area contributed by atoms with Crippen LogP contribution in [0.4, 0.5) is 0 Å². The van der Waals surface area contributed by atoms with Crippen molar-refractivity contribution in [2.24, 2.45) is 56.7 Å². The molecule has 5 aliphatic carbocycles. The van der Waals surface area contributed by atoms with Crippen molar-refractivity contribution in [2.75, 3.05) is 0 Å². The molecule has 0 amide bonds. The number of allylic oxidation sites excluding steroid dienone is 1. The van der Waals surface area contributed by atoms with Gasteiger partial charge in [0.2, 0.25) is 0 Å². The van der Waals surface area contributed by atoms with Gasteiger partial charge in [0, 0.05) is 17.8 Å². The van der Waals surface area contributed by atoms with E-state index < -0.39 is 22.9 Å². The lowest BCUT2D eigenvalue weighted by atomic mass is 9.32. The smallest absolute Gasteiger partial charge is 0.309 e. The average Bonchev–Trinajstić information content (AvgIpc) is 3.13. The van der Waals surface area contributed by atoms with Gasteiger partial charge >= 0.3 is 5.97 Å². The van der Waals surface area contributed by atoms with Crippen molar-refractivity contribution in [3.05, 3.63) is 12.2 Å². The van der Waals surface area contributed by atoms with Crippen molar-refractivity contribution >= 4 is 11.8 Å². The Labute approximate surface area is 206 Å². The number of aliphatic hydroxyl groups is 1. The Bertz CT molecular complexity index is 936. The molecule has 5 aliphatic rings. The number of carbonyl (C=O) groups excluding carboxylic acids is 1. The monoisotopic (exact) mass is 470 g/mol. The fourth-order valence-electron chi connectivity index (χ4n) is 11.5. The van der Waals surface area contributed by atoms with Crippen LogP contribution in [0.1, 0.15) is 99.3 Å². The van der Waals surface area contributed by atoms with Gasteiger partial charge in [-0.05, 0) is 98.2 Å². The molecule has 0 aromatic carbocycles. The molecule has 0 aliphatic heterocycles. The highest BCUT2D eigenvalue weighted by Gasteiger charge is 2.73. The minimum absolute atomic E-state index is 0.00387. The lowest BCUT2D eigenvalue weighted by molar-refractivity contribution is -0.259. The molecule has 34 heavy (non-hydrogen) atoms. The van der Waals surface area contributed by atoms with Crippen LogP contribution in [0.3, 0.4) is 0 Å². The number of fused-ring (bicyclic) bond motifs is 7. The molecule has 5 rings (SSSR count). The number of aliphatic carboxylic acids is 1. The van der Waals surface area contributed by atoms with Crippen LogP contribution in [0.5, 0.6) is 0 Å². The number of aliphatic hydroxyl groups excluding tert-OH is 1. The molecule has 5 fully saturated rings. The molecule has 0 radical (unpaired) electrons. The molecular weight excluding hydrogens is 424 g/mol. The van der Waals surface area contributed by atoms with E-state index >= 15 is 0 Å². The minimum Gasteiger partial charge on any atom is -0.481 e. The number of ketones is 1. The van der Waals surface area contributed by atoms with E-state index in [4.69, 9.17) is 0 Å². The molecule has 0 aromatic heterocycles. The van der Waals surface area contributed by atoms with Crippen molar-refractivity contribution in [3.8, 4) is 0 Å². The maximum Gasteiger partial charge on any atom is 0.309 e. The van der Waals surface area contributed by atoms with E-state index in [0.29, 0.717) is 24.0 Å². The molecule has 2 N–H and O–H groups in total. The van der Waals surface area contributed by atoms with Gasteiger partial charge in [-0.25, -0.2) is 0 Å². The SMILES string of the molecule is C=C(C)[C@@H]1CC[C@]2(C(=O)O)CC[C@]3(C)[C@H](CCC4[C@@]5(C)CCC(=O)C(C)(C)C5[C@@H](O)C[C@]43C)C12. The number of carboxylic acid groups (broad SMARTS) is 1. The summed E-state index contributed by atoms with van der Waals surface area (Å²) in [6.07, 6.45) is 7.24. The van der Waals surface area contributed by atoms with E-state index in [9.17, 15) is 19.8 Å². The predicted octanol–water partition coefficient (Wildman–Crippen LogP) is 6.27. The van der Waals surface area contributed by atoms with Crippen LogP contribution in [0, 0.1) is 56.7 Å². The summed E-state index contributed by atoms with van der Waals surface area (Å²) in [5.41, 5.74) is -0.110. The topological polar surface area (TPSA) is 74.6 Å². The summed E-state index contributed by atoms with van der Waals surface area (Å²) in [5, 5.41) is 22.2. The number of carbonyl (C=O) groups is 2. The van der Waals surface area contributed by atoms with E-state index in [1.165, 1.54) is 0 Å². The van der Waals surface area contributed by atoms with Gasteiger partial charge < -0.3 is 10.2 Å². The zero-order valence-electron chi connectivity index (χ0n) is 22.2. The van der Waals surface area contributed by atoms with E-state index in [0.717, 1.165) is 56.9 Å². The molecule has 0 bridgehead atoms. The third kappa shape index (κ3) is 2.70. The first-order valence-electron chi connectivity index (χ1n) is 13.8. The number of hydrogen-bond donors (Lipinski definition) is 2. The van der Waals surface area contributed by atoms with Crippen molar-refractivity contribution in [2.45, 2.75) is 105 Å².